The summed E-state index contributed by atoms with van der Waals surface area (Å²) < 4.78 is 54.3. The predicted octanol–water partition coefficient (Wildman–Crippen LogP) is 12.8. The maximum absolute atomic E-state index is 12.8. The van der Waals surface area contributed by atoms with Crippen LogP contribution in [0.5, 0.6) is 23.0 Å². The van der Waals surface area contributed by atoms with Crippen LogP contribution in [0.25, 0.3) is 0 Å². The van der Waals surface area contributed by atoms with E-state index in [1.54, 1.807) is 12.1 Å². The van der Waals surface area contributed by atoms with Crippen molar-refractivity contribution < 1.29 is 41.2 Å². The Morgan fingerprint density at radius 3 is 1.28 bits per heavy atom. The van der Waals surface area contributed by atoms with E-state index in [1.807, 2.05) is 52.0 Å². The van der Waals surface area contributed by atoms with Gasteiger partial charge >= 0.3 is 36.4 Å². The molecular formula is C52H73AlO9P2. The van der Waals surface area contributed by atoms with Gasteiger partial charge in [-0.25, -0.2) is 9.13 Å². The number of phosphoric acid groups is 2. The van der Waals surface area contributed by atoms with Crippen LogP contribution in [0.2, 0.25) is 0 Å². The summed E-state index contributed by atoms with van der Waals surface area (Å²) in [5.41, 5.74) is 10.2. The van der Waals surface area contributed by atoms with Crippen molar-refractivity contribution in [3.63, 3.8) is 0 Å². The molecule has 0 spiro atoms. The van der Waals surface area contributed by atoms with E-state index in [9.17, 15) is 18.9 Å². The molecule has 0 aromatic heterocycles. The minimum atomic E-state index is -4.55. The van der Waals surface area contributed by atoms with Crippen molar-refractivity contribution in [2.24, 2.45) is 11.8 Å². The van der Waals surface area contributed by atoms with Crippen molar-refractivity contribution in [2.45, 2.75) is 171 Å². The summed E-state index contributed by atoms with van der Waals surface area (Å²) in [6, 6.07) is 19.7. The first kappa shape index (κ1) is 53.6. The average Bonchev–Trinajstić information content (AvgIpc) is 3.53. The Morgan fingerprint density at radius 1 is 0.547 bits per heavy atom. The molecule has 0 saturated heterocycles. The Kier molecular flexibility index (Phi) is 22.0. The molecule has 0 aliphatic heterocycles. The monoisotopic (exact) mass is 930 g/mol. The Morgan fingerprint density at radius 2 is 0.938 bits per heavy atom. The fourth-order valence-electron chi connectivity index (χ4n) is 9.22. The molecule has 12 heteroatoms. The van der Waals surface area contributed by atoms with Crippen molar-refractivity contribution >= 4 is 32.3 Å². The summed E-state index contributed by atoms with van der Waals surface area (Å²) in [7, 11) is -9.11. The molecule has 0 heterocycles. The third-order valence-corrected chi connectivity index (χ3v) is 14.0. The number of benzene rings is 4. The second-order valence-electron chi connectivity index (χ2n) is 18.0. The van der Waals surface area contributed by atoms with Gasteiger partial charge in [-0.1, -0.05) is 128 Å². The molecule has 4 aromatic carbocycles. The molecule has 1 N–H and O–H groups in total. The SMILES string of the molecule is CCCCCc1ccc(OP(=O)([O-])Oc2c(C)cc3cc2CCC(CCC)C3)c(C)c1.CCCCCc1ccc(OP(=O)([O-])Oc2c(C)cc3cc2CCC(CCC)C3)c(C)c1.[OH][Al+2]. The molecule has 4 bridgehead atoms. The molecule has 4 aromatic rings. The van der Waals surface area contributed by atoms with E-state index < -0.39 is 15.6 Å². The average molecular weight is 931 g/mol. The maximum atomic E-state index is 12.8. The summed E-state index contributed by atoms with van der Waals surface area (Å²) in [6.07, 6.45) is 19.6. The van der Waals surface area contributed by atoms with Gasteiger partial charge in [0.15, 0.2) is 0 Å². The summed E-state index contributed by atoms with van der Waals surface area (Å²) in [4.78, 5) is 25.6. The molecule has 348 valence electrons. The van der Waals surface area contributed by atoms with Gasteiger partial charge in [0, 0.05) is 0 Å². The molecular weight excluding hydrogens is 857 g/mol. The first-order valence-electron chi connectivity index (χ1n) is 23.7. The van der Waals surface area contributed by atoms with Crippen molar-refractivity contribution in [3.05, 3.63) is 116 Å². The zero-order valence-corrected chi connectivity index (χ0v) is 42.8. The van der Waals surface area contributed by atoms with Gasteiger partial charge in [-0.05, 0) is 172 Å². The Balaban J connectivity index is 0.000000270. The van der Waals surface area contributed by atoms with E-state index in [2.05, 4.69) is 52.0 Å². The van der Waals surface area contributed by atoms with Gasteiger partial charge in [0.05, 0.1) is 0 Å². The summed E-state index contributed by atoms with van der Waals surface area (Å²) in [6.45, 7) is 16.4. The molecule has 0 radical (unpaired) electrons. The Hall–Kier alpha value is -3.05. The van der Waals surface area contributed by atoms with Crippen molar-refractivity contribution in [3.8, 4) is 23.0 Å². The van der Waals surface area contributed by atoms with E-state index in [0.29, 0.717) is 34.8 Å². The molecule has 64 heavy (non-hydrogen) atoms. The molecule has 0 fully saturated rings. The molecule has 2 aliphatic carbocycles. The number of hydrogen-bond donors (Lipinski definition) is 1. The van der Waals surface area contributed by atoms with Crippen LogP contribution in [-0.4, -0.2) is 20.8 Å². The van der Waals surface area contributed by atoms with Crippen LogP contribution < -0.4 is 27.9 Å². The van der Waals surface area contributed by atoms with Gasteiger partial charge in [0.25, 0.3) is 0 Å². The van der Waals surface area contributed by atoms with E-state index in [0.717, 1.165) is 97.6 Å². The zero-order chi connectivity index (χ0) is 46.9. The van der Waals surface area contributed by atoms with Crippen LogP contribution >= 0.6 is 15.6 Å². The van der Waals surface area contributed by atoms with Gasteiger partial charge in [-0.3, -0.25) is 0 Å². The van der Waals surface area contributed by atoms with Crippen LogP contribution in [0.15, 0.2) is 60.7 Å². The first-order chi connectivity index (χ1) is 30.6. The quantitative estimate of drug-likeness (QED) is 0.0521. The Labute approximate surface area is 393 Å². The fraction of sp³-hybridized carbons (Fsp3) is 0.538. The van der Waals surface area contributed by atoms with E-state index in [1.165, 1.54) is 90.2 Å². The van der Waals surface area contributed by atoms with E-state index in [-0.39, 0.29) is 0 Å². The topological polar surface area (TPSA) is 137 Å². The number of unbranched alkanes of at least 4 members (excludes halogenated alkanes) is 4. The van der Waals surface area contributed by atoms with Gasteiger partial charge in [-0.15, -0.1) is 0 Å². The number of hydrogen-bond acceptors (Lipinski definition) is 9. The van der Waals surface area contributed by atoms with Gasteiger partial charge in [0.2, 0.25) is 0 Å². The minimum absolute atomic E-state index is 0.334. The van der Waals surface area contributed by atoms with Crippen LogP contribution in [0.3, 0.4) is 0 Å². The van der Waals surface area contributed by atoms with Gasteiger partial charge in [-0.2, -0.15) is 0 Å². The summed E-state index contributed by atoms with van der Waals surface area (Å²) in [5, 5.41) is 0. The molecule has 4 atom stereocenters. The molecule has 4 unspecified atom stereocenters. The standard InChI is InChI=1S/2C26H37O4P.Al.H2O/c2*1-5-7-8-10-22-12-14-25(19(3)15-22)29-31(27,28)30-26-20(4)16-23-17-21(9-6-2)11-13-24(26)18-23;;/h2*12,14-16,18,21H,5-11,13,17H2,1-4H3,(H,27,28);;1H2/q;;+3;/p-3. The number of phosphoric ester groups is 2. The van der Waals surface area contributed by atoms with Gasteiger partial charge < -0.3 is 27.9 Å². The first-order valence-corrected chi connectivity index (χ1v) is 27.2. The second kappa shape index (κ2) is 26.3. The Bertz CT molecular complexity index is 2040. The molecule has 2 aliphatic rings. The normalized spacial score (nSPS) is 17.2. The van der Waals surface area contributed by atoms with Crippen LogP contribution in [0.1, 0.15) is 160 Å². The van der Waals surface area contributed by atoms with Crippen LogP contribution in [-0.2, 0) is 47.7 Å². The van der Waals surface area contributed by atoms with Crippen molar-refractivity contribution in [2.75, 3.05) is 0 Å². The van der Waals surface area contributed by atoms with Crippen molar-refractivity contribution in [1.29, 1.82) is 0 Å². The van der Waals surface area contributed by atoms with E-state index >= 15 is 0 Å². The number of aryl methyl sites for hydroxylation is 8. The van der Waals surface area contributed by atoms with Crippen LogP contribution in [0, 0.1) is 39.5 Å². The zero-order valence-electron chi connectivity index (χ0n) is 39.8. The number of rotatable bonds is 20. The third-order valence-electron chi connectivity index (χ3n) is 12.4. The molecule has 0 saturated carbocycles. The van der Waals surface area contributed by atoms with Gasteiger partial charge in [0.1, 0.15) is 23.0 Å². The number of fused-ring (bicyclic) bond motifs is 4. The fourth-order valence-corrected chi connectivity index (χ4v) is 11.2. The molecule has 0 amide bonds. The van der Waals surface area contributed by atoms with Crippen LogP contribution in [0.4, 0.5) is 0 Å². The second-order valence-corrected chi connectivity index (χ2v) is 20.5. The third kappa shape index (κ3) is 16.7. The van der Waals surface area contributed by atoms with Crippen molar-refractivity contribution in [1.82, 2.24) is 0 Å². The predicted molar refractivity (Wildman–Crippen MR) is 258 cm³/mol. The van der Waals surface area contributed by atoms with E-state index in [4.69, 9.17) is 22.3 Å². The molecule has 6 rings (SSSR count). The summed E-state index contributed by atoms with van der Waals surface area (Å²) in [5.74, 6) is 2.83. The summed E-state index contributed by atoms with van der Waals surface area (Å²) >= 11 is 1.42. The molecule has 9 nitrogen and oxygen atoms in total.